The molecule has 1 amide bonds. The smallest absolute Gasteiger partial charge is 0.231 e. The number of carbonyl (C=O) groups excluding carboxylic acids is 1. The number of H-pyrrole nitrogens is 1. The van der Waals surface area contributed by atoms with Gasteiger partial charge in [-0.2, -0.15) is 0 Å². The Morgan fingerprint density at radius 3 is 3.00 bits per heavy atom. The Hall–Kier alpha value is -1.69. The Morgan fingerprint density at radius 1 is 1.61 bits per heavy atom. The first-order chi connectivity index (χ1) is 8.63. The minimum atomic E-state index is -0.319. The van der Waals surface area contributed by atoms with Crippen molar-refractivity contribution in [2.45, 2.75) is 23.8 Å². The zero-order valence-electron chi connectivity index (χ0n) is 10.3. The molecule has 3 N–H and O–H groups in total. The van der Waals surface area contributed by atoms with Gasteiger partial charge in [0.05, 0.1) is 23.4 Å². The van der Waals surface area contributed by atoms with Gasteiger partial charge in [-0.25, -0.2) is 4.98 Å². The third kappa shape index (κ3) is 2.59. The zero-order valence-corrected chi connectivity index (χ0v) is 11.1. The molecular formula is C12H15N3O2S. The number of methoxy groups -OCH3 is 1. The number of aromatic nitrogens is 2. The number of primary amides is 1. The van der Waals surface area contributed by atoms with Crippen molar-refractivity contribution < 1.29 is 9.53 Å². The molecule has 0 radical (unpaired) electrons. The van der Waals surface area contributed by atoms with Gasteiger partial charge in [0, 0.05) is 6.07 Å². The molecule has 1 atom stereocenters. The minimum Gasteiger partial charge on any atom is -0.497 e. The van der Waals surface area contributed by atoms with Gasteiger partial charge >= 0.3 is 0 Å². The largest absolute Gasteiger partial charge is 0.497 e. The summed E-state index contributed by atoms with van der Waals surface area (Å²) in [5, 5.41) is 0.441. The second kappa shape index (κ2) is 5.30. The Labute approximate surface area is 109 Å². The second-order valence-electron chi connectivity index (χ2n) is 3.84. The van der Waals surface area contributed by atoms with Crippen LogP contribution in [-0.2, 0) is 4.79 Å². The van der Waals surface area contributed by atoms with Gasteiger partial charge in [0.25, 0.3) is 0 Å². The highest BCUT2D eigenvalue weighted by atomic mass is 32.2. The molecule has 18 heavy (non-hydrogen) atoms. The average molecular weight is 265 g/mol. The number of benzene rings is 1. The van der Waals surface area contributed by atoms with Gasteiger partial charge in [-0.15, -0.1) is 0 Å². The van der Waals surface area contributed by atoms with Crippen LogP contribution in [0, 0.1) is 0 Å². The number of imidazole rings is 1. The first-order valence-corrected chi connectivity index (χ1v) is 6.51. The third-order valence-electron chi connectivity index (χ3n) is 2.61. The topological polar surface area (TPSA) is 81.0 Å². The van der Waals surface area contributed by atoms with Gasteiger partial charge in [-0.1, -0.05) is 18.7 Å². The fraction of sp³-hybridized carbons (Fsp3) is 0.333. The van der Waals surface area contributed by atoms with Gasteiger partial charge in [0.1, 0.15) is 5.75 Å². The molecule has 2 rings (SSSR count). The Morgan fingerprint density at radius 2 is 2.39 bits per heavy atom. The number of aromatic amines is 1. The molecule has 1 heterocycles. The van der Waals surface area contributed by atoms with E-state index < -0.39 is 0 Å². The molecule has 6 heteroatoms. The molecule has 0 aliphatic rings. The highest BCUT2D eigenvalue weighted by Crippen LogP contribution is 2.26. The Kier molecular flexibility index (Phi) is 3.76. The second-order valence-corrected chi connectivity index (χ2v) is 5.03. The molecule has 1 aromatic heterocycles. The predicted octanol–water partition coefficient (Wildman–Crippen LogP) is 1.93. The molecule has 0 aliphatic heterocycles. The quantitative estimate of drug-likeness (QED) is 0.809. The normalized spacial score (nSPS) is 12.6. The molecule has 2 aromatic rings. The first-order valence-electron chi connectivity index (χ1n) is 5.63. The molecule has 5 nitrogen and oxygen atoms in total. The lowest BCUT2D eigenvalue weighted by Crippen LogP contribution is -2.24. The molecule has 0 fully saturated rings. The molecule has 0 saturated carbocycles. The van der Waals surface area contributed by atoms with E-state index >= 15 is 0 Å². The van der Waals surface area contributed by atoms with Crippen molar-refractivity contribution in [1.82, 2.24) is 9.97 Å². The van der Waals surface area contributed by atoms with E-state index in [9.17, 15) is 4.79 Å². The van der Waals surface area contributed by atoms with Crippen LogP contribution in [0.25, 0.3) is 11.0 Å². The van der Waals surface area contributed by atoms with Crippen LogP contribution in [0.4, 0.5) is 0 Å². The SMILES string of the molecule is CCC(Sc1nc2ccc(OC)cc2[nH]1)C(N)=O. The average Bonchev–Trinajstić information content (AvgIpc) is 2.76. The van der Waals surface area contributed by atoms with Crippen molar-refractivity contribution in [3.63, 3.8) is 0 Å². The summed E-state index contributed by atoms with van der Waals surface area (Å²) in [6.07, 6.45) is 0.681. The summed E-state index contributed by atoms with van der Waals surface area (Å²) < 4.78 is 5.14. The van der Waals surface area contributed by atoms with Crippen LogP contribution in [0.15, 0.2) is 23.4 Å². The number of rotatable bonds is 5. The van der Waals surface area contributed by atoms with E-state index in [1.807, 2.05) is 25.1 Å². The fourth-order valence-electron chi connectivity index (χ4n) is 1.63. The van der Waals surface area contributed by atoms with Gasteiger partial charge in [-0.05, 0) is 18.6 Å². The van der Waals surface area contributed by atoms with Crippen LogP contribution in [0.3, 0.4) is 0 Å². The molecule has 0 aliphatic carbocycles. The van der Waals surface area contributed by atoms with E-state index in [4.69, 9.17) is 10.5 Å². The summed E-state index contributed by atoms with van der Waals surface area (Å²) >= 11 is 1.35. The Bertz CT molecular complexity index is 567. The van der Waals surface area contributed by atoms with E-state index in [0.717, 1.165) is 16.8 Å². The van der Waals surface area contributed by atoms with Crippen LogP contribution in [-0.4, -0.2) is 28.2 Å². The number of nitrogens with zero attached hydrogens (tertiary/aromatic N) is 1. The lowest BCUT2D eigenvalue weighted by Gasteiger charge is -2.06. The van der Waals surface area contributed by atoms with Crippen molar-refractivity contribution in [3.05, 3.63) is 18.2 Å². The van der Waals surface area contributed by atoms with E-state index in [-0.39, 0.29) is 11.2 Å². The standard InChI is InChI=1S/C12H15N3O2S/c1-3-10(11(13)16)18-12-14-8-5-4-7(17-2)6-9(8)15-12/h4-6,10H,3H2,1-2H3,(H2,13,16)(H,14,15). The molecule has 0 spiro atoms. The lowest BCUT2D eigenvalue weighted by atomic mass is 10.3. The first kappa shape index (κ1) is 12.8. The van der Waals surface area contributed by atoms with E-state index in [1.54, 1.807) is 7.11 Å². The number of hydrogen-bond acceptors (Lipinski definition) is 4. The van der Waals surface area contributed by atoms with E-state index in [1.165, 1.54) is 11.8 Å². The third-order valence-corrected chi connectivity index (χ3v) is 3.88. The highest BCUT2D eigenvalue weighted by molar-refractivity contribution is 8.00. The maximum atomic E-state index is 11.2. The molecule has 96 valence electrons. The van der Waals surface area contributed by atoms with Crippen LogP contribution in [0.1, 0.15) is 13.3 Å². The highest BCUT2D eigenvalue weighted by Gasteiger charge is 2.16. The fourth-order valence-corrected chi connectivity index (χ4v) is 2.50. The summed E-state index contributed by atoms with van der Waals surface area (Å²) in [5.41, 5.74) is 7.04. The maximum Gasteiger partial charge on any atom is 0.231 e. The monoisotopic (exact) mass is 265 g/mol. The lowest BCUT2D eigenvalue weighted by molar-refractivity contribution is -0.117. The number of nitrogens with two attached hydrogens (primary N) is 1. The molecule has 1 aromatic carbocycles. The minimum absolute atomic E-state index is 0.257. The van der Waals surface area contributed by atoms with Crippen LogP contribution in [0.5, 0.6) is 5.75 Å². The summed E-state index contributed by atoms with van der Waals surface area (Å²) in [7, 11) is 1.62. The van der Waals surface area contributed by atoms with Crippen molar-refractivity contribution in [1.29, 1.82) is 0 Å². The number of carbonyl (C=O) groups is 1. The summed E-state index contributed by atoms with van der Waals surface area (Å²) in [6.45, 7) is 1.92. The maximum absolute atomic E-state index is 11.2. The van der Waals surface area contributed by atoms with Crippen LogP contribution in [0.2, 0.25) is 0 Å². The molecular weight excluding hydrogens is 250 g/mol. The Balaban J connectivity index is 2.27. The van der Waals surface area contributed by atoms with Crippen molar-refractivity contribution in [2.24, 2.45) is 5.73 Å². The number of nitrogens with one attached hydrogen (secondary N) is 1. The van der Waals surface area contributed by atoms with Gasteiger partial charge in [0.2, 0.25) is 5.91 Å². The molecule has 0 saturated heterocycles. The van der Waals surface area contributed by atoms with Crippen molar-refractivity contribution in [3.8, 4) is 5.75 Å². The van der Waals surface area contributed by atoms with Crippen molar-refractivity contribution >= 4 is 28.7 Å². The summed E-state index contributed by atoms with van der Waals surface area (Å²) in [4.78, 5) is 18.7. The summed E-state index contributed by atoms with van der Waals surface area (Å²) in [6, 6.07) is 5.60. The molecule has 1 unspecified atom stereocenters. The zero-order chi connectivity index (χ0) is 13.1. The number of ether oxygens (including phenoxy) is 1. The number of amides is 1. The van der Waals surface area contributed by atoms with Gasteiger partial charge < -0.3 is 15.5 Å². The summed E-state index contributed by atoms with van der Waals surface area (Å²) in [5.74, 6) is 0.449. The van der Waals surface area contributed by atoms with Crippen LogP contribution < -0.4 is 10.5 Å². The van der Waals surface area contributed by atoms with E-state index in [2.05, 4.69) is 9.97 Å². The predicted molar refractivity (Wildman–Crippen MR) is 71.8 cm³/mol. The van der Waals surface area contributed by atoms with Crippen LogP contribution >= 0.6 is 11.8 Å². The van der Waals surface area contributed by atoms with E-state index in [0.29, 0.717) is 11.6 Å². The van der Waals surface area contributed by atoms with Gasteiger partial charge in [-0.3, -0.25) is 4.79 Å². The van der Waals surface area contributed by atoms with Gasteiger partial charge in [0.15, 0.2) is 5.16 Å². The molecule has 0 bridgehead atoms. The number of thioether (sulfide) groups is 1. The van der Waals surface area contributed by atoms with Crippen molar-refractivity contribution in [2.75, 3.05) is 7.11 Å². The number of hydrogen-bond donors (Lipinski definition) is 2. The number of fused-ring (bicyclic) bond motifs is 1.